The SMILES string of the molecule is CCSCCC(CBr)c1ccccc1Cl. The highest BCUT2D eigenvalue weighted by molar-refractivity contribution is 9.09. The number of hydrogen-bond donors (Lipinski definition) is 0. The molecule has 1 aromatic rings. The fraction of sp³-hybridized carbons (Fsp3) is 0.500. The summed E-state index contributed by atoms with van der Waals surface area (Å²) < 4.78 is 0. The van der Waals surface area contributed by atoms with Gasteiger partial charge >= 0.3 is 0 Å². The molecule has 1 atom stereocenters. The van der Waals surface area contributed by atoms with E-state index in [0.29, 0.717) is 5.92 Å². The van der Waals surface area contributed by atoms with Crippen LogP contribution in [0.5, 0.6) is 0 Å². The van der Waals surface area contributed by atoms with Gasteiger partial charge in [-0.15, -0.1) is 0 Å². The van der Waals surface area contributed by atoms with Gasteiger partial charge < -0.3 is 0 Å². The van der Waals surface area contributed by atoms with Gasteiger partial charge in [0, 0.05) is 10.4 Å². The highest BCUT2D eigenvalue weighted by Crippen LogP contribution is 2.29. The molecule has 3 heteroatoms. The molecule has 1 rings (SSSR count). The molecule has 0 spiro atoms. The van der Waals surface area contributed by atoms with Crippen molar-refractivity contribution >= 4 is 39.3 Å². The van der Waals surface area contributed by atoms with Crippen molar-refractivity contribution in [1.29, 1.82) is 0 Å². The third-order valence-electron chi connectivity index (χ3n) is 2.35. The van der Waals surface area contributed by atoms with E-state index in [-0.39, 0.29) is 0 Å². The van der Waals surface area contributed by atoms with Crippen molar-refractivity contribution in [1.82, 2.24) is 0 Å². The molecule has 0 heterocycles. The minimum absolute atomic E-state index is 0.540. The van der Waals surface area contributed by atoms with Crippen LogP contribution in [0.1, 0.15) is 24.8 Å². The summed E-state index contributed by atoms with van der Waals surface area (Å²) >= 11 is 11.7. The fourth-order valence-corrected chi connectivity index (χ4v) is 3.19. The Labute approximate surface area is 110 Å². The Morgan fingerprint density at radius 3 is 2.73 bits per heavy atom. The molecular formula is C12H16BrClS. The average Bonchev–Trinajstić information content (AvgIpc) is 2.26. The lowest BCUT2D eigenvalue weighted by Gasteiger charge is -2.15. The maximum Gasteiger partial charge on any atom is 0.0441 e. The third kappa shape index (κ3) is 4.38. The zero-order valence-corrected chi connectivity index (χ0v) is 12.0. The summed E-state index contributed by atoms with van der Waals surface area (Å²) in [7, 11) is 0. The van der Waals surface area contributed by atoms with Gasteiger partial charge in [0.15, 0.2) is 0 Å². The Morgan fingerprint density at radius 1 is 1.40 bits per heavy atom. The molecule has 0 bridgehead atoms. The molecular weight excluding hydrogens is 292 g/mol. The minimum Gasteiger partial charge on any atom is -0.162 e. The lowest BCUT2D eigenvalue weighted by atomic mass is 9.99. The first-order valence-corrected chi connectivity index (χ1v) is 7.83. The summed E-state index contributed by atoms with van der Waals surface area (Å²) in [6.45, 7) is 2.20. The van der Waals surface area contributed by atoms with Crippen molar-refractivity contribution in [3.63, 3.8) is 0 Å². The predicted octanol–water partition coefficient (Wildman–Crippen LogP) is 4.96. The van der Waals surface area contributed by atoms with Crippen molar-refractivity contribution in [2.45, 2.75) is 19.3 Å². The summed E-state index contributed by atoms with van der Waals surface area (Å²) in [6.07, 6.45) is 1.19. The summed E-state index contributed by atoms with van der Waals surface area (Å²) in [4.78, 5) is 0. The van der Waals surface area contributed by atoms with Gasteiger partial charge in [-0.3, -0.25) is 0 Å². The molecule has 0 saturated carbocycles. The molecule has 0 aromatic heterocycles. The molecule has 0 aliphatic rings. The van der Waals surface area contributed by atoms with E-state index in [0.717, 1.165) is 10.4 Å². The van der Waals surface area contributed by atoms with Gasteiger partial charge in [0.1, 0.15) is 0 Å². The smallest absolute Gasteiger partial charge is 0.0441 e. The Bertz CT molecular complexity index is 291. The van der Waals surface area contributed by atoms with Crippen molar-refractivity contribution in [3.8, 4) is 0 Å². The summed E-state index contributed by atoms with van der Waals surface area (Å²) in [5.41, 5.74) is 1.27. The highest BCUT2D eigenvalue weighted by atomic mass is 79.9. The van der Waals surface area contributed by atoms with Gasteiger partial charge in [0.25, 0.3) is 0 Å². The van der Waals surface area contributed by atoms with Gasteiger partial charge in [-0.25, -0.2) is 0 Å². The number of rotatable bonds is 6. The van der Waals surface area contributed by atoms with Crippen LogP contribution in [0.4, 0.5) is 0 Å². The zero-order valence-electron chi connectivity index (χ0n) is 8.88. The van der Waals surface area contributed by atoms with Crippen LogP contribution in [0, 0.1) is 0 Å². The Kier molecular flexibility index (Phi) is 6.78. The van der Waals surface area contributed by atoms with Crippen LogP contribution in [0.25, 0.3) is 0 Å². The summed E-state index contributed by atoms with van der Waals surface area (Å²) in [6, 6.07) is 8.14. The third-order valence-corrected chi connectivity index (χ3v) is 4.40. The Morgan fingerprint density at radius 2 is 2.13 bits per heavy atom. The minimum atomic E-state index is 0.540. The normalized spacial score (nSPS) is 12.7. The second-order valence-electron chi connectivity index (χ2n) is 3.36. The van der Waals surface area contributed by atoms with Gasteiger partial charge in [-0.1, -0.05) is 52.7 Å². The van der Waals surface area contributed by atoms with Crippen LogP contribution in [0.2, 0.25) is 5.02 Å². The monoisotopic (exact) mass is 306 g/mol. The number of hydrogen-bond acceptors (Lipinski definition) is 1. The summed E-state index contributed by atoms with van der Waals surface area (Å²) in [5.74, 6) is 2.94. The van der Waals surface area contributed by atoms with Crippen LogP contribution in [0.3, 0.4) is 0 Å². The molecule has 0 aliphatic carbocycles. The molecule has 0 fully saturated rings. The van der Waals surface area contributed by atoms with Crippen LogP contribution < -0.4 is 0 Å². The largest absolute Gasteiger partial charge is 0.162 e. The van der Waals surface area contributed by atoms with Crippen LogP contribution in [0.15, 0.2) is 24.3 Å². The molecule has 1 aromatic carbocycles. The predicted molar refractivity (Wildman–Crippen MR) is 75.6 cm³/mol. The second-order valence-corrected chi connectivity index (χ2v) is 5.81. The van der Waals surface area contributed by atoms with Crippen LogP contribution >= 0.6 is 39.3 Å². The number of alkyl halides is 1. The molecule has 0 N–H and O–H groups in total. The van der Waals surface area contributed by atoms with Gasteiger partial charge in [0.2, 0.25) is 0 Å². The van der Waals surface area contributed by atoms with Gasteiger partial charge in [-0.05, 0) is 35.5 Å². The summed E-state index contributed by atoms with van der Waals surface area (Å²) in [5, 5.41) is 1.88. The molecule has 1 unspecified atom stereocenters. The second kappa shape index (κ2) is 7.59. The van der Waals surface area contributed by atoms with Crippen LogP contribution in [-0.2, 0) is 0 Å². The van der Waals surface area contributed by atoms with E-state index in [1.54, 1.807) is 0 Å². The first kappa shape index (κ1) is 13.4. The van der Waals surface area contributed by atoms with E-state index in [9.17, 15) is 0 Å². The topological polar surface area (TPSA) is 0 Å². The first-order chi connectivity index (χ1) is 7.29. The van der Waals surface area contributed by atoms with Crippen molar-refractivity contribution in [2.75, 3.05) is 16.8 Å². The van der Waals surface area contributed by atoms with Crippen LogP contribution in [-0.4, -0.2) is 16.8 Å². The standard InChI is InChI=1S/C12H16BrClS/c1-2-15-8-7-10(9-13)11-5-3-4-6-12(11)14/h3-6,10H,2,7-9H2,1H3. The quantitative estimate of drug-likeness (QED) is 0.528. The lowest BCUT2D eigenvalue weighted by Crippen LogP contribution is -2.02. The molecule has 15 heavy (non-hydrogen) atoms. The maximum absolute atomic E-state index is 6.18. The van der Waals surface area contributed by atoms with E-state index in [1.165, 1.54) is 23.5 Å². The molecule has 0 radical (unpaired) electrons. The van der Waals surface area contributed by atoms with E-state index in [4.69, 9.17) is 11.6 Å². The average molecular weight is 308 g/mol. The Hall–Kier alpha value is 0.340. The first-order valence-electron chi connectivity index (χ1n) is 5.17. The number of thioether (sulfide) groups is 1. The van der Waals surface area contributed by atoms with Crippen molar-refractivity contribution in [3.05, 3.63) is 34.9 Å². The van der Waals surface area contributed by atoms with E-state index in [1.807, 2.05) is 23.9 Å². The molecule has 0 aliphatic heterocycles. The molecule has 0 saturated heterocycles. The van der Waals surface area contributed by atoms with Gasteiger partial charge in [-0.2, -0.15) is 11.8 Å². The lowest BCUT2D eigenvalue weighted by molar-refractivity contribution is 0.757. The maximum atomic E-state index is 6.18. The highest BCUT2D eigenvalue weighted by Gasteiger charge is 2.12. The van der Waals surface area contributed by atoms with Crippen molar-refractivity contribution < 1.29 is 0 Å². The zero-order chi connectivity index (χ0) is 11.1. The van der Waals surface area contributed by atoms with Gasteiger partial charge in [0.05, 0.1) is 0 Å². The molecule has 84 valence electrons. The fourth-order valence-electron chi connectivity index (χ4n) is 1.49. The molecule has 0 amide bonds. The van der Waals surface area contributed by atoms with E-state index >= 15 is 0 Å². The molecule has 0 nitrogen and oxygen atoms in total. The number of halogens is 2. The van der Waals surface area contributed by atoms with E-state index in [2.05, 4.69) is 35.0 Å². The number of benzene rings is 1. The Balaban J connectivity index is 2.61. The van der Waals surface area contributed by atoms with E-state index < -0.39 is 0 Å². The van der Waals surface area contributed by atoms with Crippen molar-refractivity contribution in [2.24, 2.45) is 0 Å².